The van der Waals surface area contributed by atoms with Crippen molar-refractivity contribution in [2.24, 2.45) is 11.8 Å². The summed E-state index contributed by atoms with van der Waals surface area (Å²) in [5, 5.41) is 8.74. The minimum atomic E-state index is -0.681. The van der Waals surface area contributed by atoms with Crippen molar-refractivity contribution < 1.29 is 19.4 Å². The number of thioether (sulfide) groups is 1. The molecular weight excluding hydrogens is 384 g/mol. The Morgan fingerprint density at radius 1 is 0.931 bits per heavy atom. The largest absolute Gasteiger partial charge is 0.481 e. The molecule has 0 aliphatic carbocycles. The Balaban J connectivity index is 1.16. The lowest BCUT2D eigenvalue weighted by atomic mass is 9.75. The average molecular weight is 417 g/mol. The maximum Gasteiger partial charge on any atom is 0.303 e. The van der Waals surface area contributed by atoms with Crippen LogP contribution in [-0.4, -0.2) is 47.0 Å². The first-order valence-corrected chi connectivity index (χ1v) is 12.2. The first kappa shape index (κ1) is 21.0. The number of epoxide rings is 1. The van der Waals surface area contributed by atoms with Gasteiger partial charge in [-0.2, -0.15) is 11.8 Å². The lowest BCUT2D eigenvalue weighted by molar-refractivity contribution is -0.137. The third-order valence-electron chi connectivity index (χ3n) is 6.51. The molecule has 5 heteroatoms. The molecule has 2 bridgehead atoms. The van der Waals surface area contributed by atoms with Gasteiger partial charge < -0.3 is 14.6 Å². The topological polar surface area (TPSA) is 59.1 Å². The van der Waals surface area contributed by atoms with Gasteiger partial charge >= 0.3 is 5.97 Å². The van der Waals surface area contributed by atoms with Gasteiger partial charge in [0.2, 0.25) is 0 Å². The van der Waals surface area contributed by atoms with Gasteiger partial charge in [-0.05, 0) is 42.4 Å². The minimum Gasteiger partial charge on any atom is -0.481 e. The third kappa shape index (κ3) is 5.44. The van der Waals surface area contributed by atoms with Crippen LogP contribution in [-0.2, 0) is 14.3 Å². The monoisotopic (exact) mass is 416 g/mol. The third-order valence-corrected chi connectivity index (χ3v) is 7.47. The van der Waals surface area contributed by atoms with E-state index in [1.165, 1.54) is 30.6 Å². The number of aliphatic carboxylic acids is 1. The molecule has 4 nitrogen and oxygen atoms in total. The van der Waals surface area contributed by atoms with Crippen molar-refractivity contribution in [2.45, 2.75) is 69.4 Å². The lowest BCUT2D eigenvalue weighted by Crippen LogP contribution is -2.33. The minimum absolute atomic E-state index is 0.299. The molecule has 1 aromatic carbocycles. The highest BCUT2D eigenvalue weighted by Crippen LogP contribution is 2.56. The second-order valence-electron chi connectivity index (χ2n) is 8.48. The quantitative estimate of drug-likeness (QED) is 0.361. The van der Waals surface area contributed by atoms with Crippen LogP contribution in [0, 0.1) is 11.8 Å². The van der Waals surface area contributed by atoms with Crippen LogP contribution >= 0.6 is 11.8 Å². The van der Waals surface area contributed by atoms with Gasteiger partial charge in [0.1, 0.15) is 12.2 Å². The van der Waals surface area contributed by atoms with Crippen molar-refractivity contribution in [1.82, 2.24) is 0 Å². The van der Waals surface area contributed by atoms with Gasteiger partial charge in [0.05, 0.1) is 12.2 Å². The number of ether oxygens (including phenoxy) is 2. The Hall–Kier alpha value is -1.30. The van der Waals surface area contributed by atoms with E-state index in [4.69, 9.17) is 14.6 Å². The average Bonchev–Trinajstić information content (AvgIpc) is 3.35. The molecule has 0 aromatic heterocycles. The molecule has 0 unspecified atom stereocenters. The van der Waals surface area contributed by atoms with E-state index in [9.17, 15) is 4.79 Å². The molecule has 1 N–H and O–H groups in total. The standard InChI is InChI=1S/C24H32O4S/c25-20(26)13-7-2-1-6-12-18-19(22-24-23(28-24)21(18)27-22)14-16-29-15-8-11-17-9-4-3-5-10-17/h3-5,8-11,18-19,21-24H,1-2,6-7,12-16H2,(H,25,26)/t18-,19+,21+,22-,23-,24+/m0/s1. The molecule has 3 aliphatic rings. The zero-order valence-electron chi connectivity index (χ0n) is 16.9. The van der Waals surface area contributed by atoms with Gasteiger partial charge in [-0.1, -0.05) is 61.7 Å². The zero-order valence-corrected chi connectivity index (χ0v) is 17.8. The van der Waals surface area contributed by atoms with Crippen molar-refractivity contribution >= 4 is 23.8 Å². The highest BCUT2D eigenvalue weighted by molar-refractivity contribution is 7.99. The summed E-state index contributed by atoms with van der Waals surface area (Å²) in [6.45, 7) is 0. The highest BCUT2D eigenvalue weighted by Gasteiger charge is 2.68. The lowest BCUT2D eigenvalue weighted by Gasteiger charge is -2.26. The Bertz CT molecular complexity index is 691. The Morgan fingerprint density at radius 3 is 2.38 bits per heavy atom. The number of carboxylic acid groups (broad SMARTS) is 1. The Labute approximate surface area is 178 Å². The molecule has 3 aliphatic heterocycles. The summed E-state index contributed by atoms with van der Waals surface area (Å²) >= 11 is 2.00. The maximum absolute atomic E-state index is 10.6. The van der Waals surface area contributed by atoms with Crippen molar-refractivity contribution in [1.29, 1.82) is 0 Å². The molecule has 3 fully saturated rings. The van der Waals surface area contributed by atoms with Crippen LogP contribution in [0.1, 0.15) is 50.5 Å². The van der Waals surface area contributed by atoms with Crippen LogP contribution < -0.4 is 0 Å². The van der Waals surface area contributed by atoms with Gasteiger partial charge in [0.15, 0.2) is 0 Å². The van der Waals surface area contributed by atoms with Gasteiger partial charge in [-0.15, -0.1) is 0 Å². The normalized spacial score (nSPS) is 32.0. The van der Waals surface area contributed by atoms with Crippen molar-refractivity contribution in [3.63, 3.8) is 0 Å². The molecule has 4 rings (SSSR count). The first-order valence-electron chi connectivity index (χ1n) is 11.1. The molecule has 158 valence electrons. The van der Waals surface area contributed by atoms with Crippen LogP contribution in [0.4, 0.5) is 0 Å². The number of carbonyl (C=O) groups is 1. The zero-order chi connectivity index (χ0) is 20.1. The predicted octanol–water partition coefficient (Wildman–Crippen LogP) is 5.03. The molecule has 3 saturated heterocycles. The van der Waals surface area contributed by atoms with Gasteiger partial charge in [0.25, 0.3) is 0 Å². The number of unbranched alkanes of at least 4 members (excludes halogenated alkanes) is 3. The van der Waals surface area contributed by atoms with Gasteiger partial charge in [-0.25, -0.2) is 0 Å². The van der Waals surface area contributed by atoms with E-state index in [0.717, 1.165) is 25.0 Å². The first-order chi connectivity index (χ1) is 14.2. The molecule has 29 heavy (non-hydrogen) atoms. The van der Waals surface area contributed by atoms with Crippen LogP contribution in [0.3, 0.4) is 0 Å². The second kappa shape index (κ2) is 10.1. The SMILES string of the molecule is O=C(O)CCCCCC[C@H]1[C@@H](CCSCC=Cc2ccccc2)[C@@H]2O[C@H]1[C@@H]1O[C@@H]12. The summed E-state index contributed by atoms with van der Waals surface area (Å²) in [4.78, 5) is 10.6. The van der Waals surface area contributed by atoms with E-state index in [1.807, 2.05) is 17.8 Å². The molecular formula is C24H32O4S. The van der Waals surface area contributed by atoms with Crippen molar-refractivity contribution in [2.75, 3.05) is 11.5 Å². The molecule has 1 aromatic rings. The molecule has 6 atom stereocenters. The summed E-state index contributed by atoms with van der Waals surface area (Å²) in [5.74, 6) is 2.80. The molecule has 3 heterocycles. The van der Waals surface area contributed by atoms with Gasteiger partial charge in [0, 0.05) is 12.2 Å². The predicted molar refractivity (Wildman–Crippen MR) is 117 cm³/mol. The van der Waals surface area contributed by atoms with Crippen LogP contribution in [0.15, 0.2) is 36.4 Å². The number of hydrogen-bond acceptors (Lipinski definition) is 4. The van der Waals surface area contributed by atoms with E-state index in [0.29, 0.717) is 42.7 Å². The second-order valence-corrected chi connectivity index (χ2v) is 9.63. The maximum atomic E-state index is 10.6. The van der Waals surface area contributed by atoms with Crippen LogP contribution in [0.2, 0.25) is 0 Å². The van der Waals surface area contributed by atoms with Crippen molar-refractivity contribution in [3.8, 4) is 0 Å². The smallest absolute Gasteiger partial charge is 0.303 e. The summed E-state index contributed by atoms with van der Waals surface area (Å²) in [7, 11) is 0. The summed E-state index contributed by atoms with van der Waals surface area (Å²) < 4.78 is 12.1. The number of rotatable bonds is 13. The summed E-state index contributed by atoms with van der Waals surface area (Å²) in [6.07, 6.45) is 12.7. The number of carboxylic acids is 1. The van der Waals surface area contributed by atoms with Gasteiger partial charge in [-0.3, -0.25) is 4.79 Å². The Morgan fingerprint density at radius 2 is 1.62 bits per heavy atom. The number of hydrogen-bond donors (Lipinski definition) is 1. The van der Waals surface area contributed by atoms with E-state index in [-0.39, 0.29) is 0 Å². The molecule has 0 radical (unpaired) electrons. The molecule has 0 saturated carbocycles. The molecule has 0 spiro atoms. The van der Waals surface area contributed by atoms with E-state index in [1.54, 1.807) is 0 Å². The summed E-state index contributed by atoms with van der Waals surface area (Å²) in [6, 6.07) is 10.4. The van der Waals surface area contributed by atoms with E-state index < -0.39 is 5.97 Å². The highest BCUT2D eigenvalue weighted by atomic mass is 32.2. The fraction of sp³-hybridized carbons (Fsp3) is 0.625. The summed E-state index contributed by atoms with van der Waals surface area (Å²) in [5.41, 5.74) is 1.26. The van der Waals surface area contributed by atoms with E-state index in [2.05, 4.69) is 36.4 Å². The fourth-order valence-electron chi connectivity index (χ4n) is 5.06. The Kier molecular flexibility index (Phi) is 7.33. The van der Waals surface area contributed by atoms with Crippen LogP contribution in [0.25, 0.3) is 6.08 Å². The van der Waals surface area contributed by atoms with Crippen molar-refractivity contribution in [3.05, 3.63) is 42.0 Å². The number of benzene rings is 1. The molecule has 0 amide bonds. The fourth-order valence-corrected chi connectivity index (χ4v) is 5.90. The van der Waals surface area contributed by atoms with Crippen LogP contribution in [0.5, 0.6) is 0 Å². The number of fused-ring (bicyclic) bond motifs is 5. The van der Waals surface area contributed by atoms with E-state index >= 15 is 0 Å².